The van der Waals surface area contributed by atoms with Crippen molar-refractivity contribution in [3.05, 3.63) is 34.5 Å². The minimum atomic E-state index is -4.25. The Morgan fingerprint density at radius 2 is 2.11 bits per heavy atom. The van der Waals surface area contributed by atoms with Gasteiger partial charge in [-0.2, -0.15) is 8.78 Å². The number of aliphatic imine (C=N–C) groups is 1. The highest BCUT2D eigenvalue weighted by molar-refractivity contribution is 6.70. The lowest BCUT2D eigenvalue weighted by atomic mass is 10.1. The van der Waals surface area contributed by atoms with Crippen molar-refractivity contribution in [3.8, 4) is 5.88 Å². The van der Waals surface area contributed by atoms with E-state index in [0.29, 0.717) is 41.4 Å². The van der Waals surface area contributed by atoms with E-state index in [2.05, 4.69) is 9.98 Å². The maximum absolute atomic E-state index is 13.0. The molecule has 0 fully saturated rings. The standard InChI is InChI=1S/C17H16ClF4N3O2/c1-9-4-10(5-24-14(9)27-8-17(21,22)16(19)20)6-25-7-12-11(15(25)26)2-3-23-13(12)18/h4-5,16H,2-3,6-8H2,1H3. The predicted octanol–water partition coefficient (Wildman–Crippen LogP) is 3.35. The van der Waals surface area contributed by atoms with Crippen LogP contribution in [0.2, 0.25) is 0 Å². The number of nitrogens with zero attached hydrogens (tertiary/aromatic N) is 3. The fraction of sp³-hybridized carbons (Fsp3) is 0.471. The number of dihydropyridines is 1. The van der Waals surface area contributed by atoms with Gasteiger partial charge in [0.25, 0.3) is 5.91 Å². The molecule has 0 saturated heterocycles. The van der Waals surface area contributed by atoms with Crippen LogP contribution in [0.15, 0.2) is 28.4 Å². The van der Waals surface area contributed by atoms with Gasteiger partial charge >= 0.3 is 12.3 Å². The Bertz CT molecular complexity index is 826. The third kappa shape index (κ3) is 4.07. The molecule has 0 aliphatic carbocycles. The molecule has 5 nitrogen and oxygen atoms in total. The molecule has 2 aliphatic rings. The Hall–Kier alpha value is -2.16. The highest BCUT2D eigenvalue weighted by Gasteiger charge is 2.42. The van der Waals surface area contributed by atoms with E-state index >= 15 is 0 Å². The first kappa shape index (κ1) is 19.6. The summed E-state index contributed by atoms with van der Waals surface area (Å²) in [5.74, 6) is -4.52. The third-order valence-corrected chi connectivity index (χ3v) is 4.65. The van der Waals surface area contributed by atoms with E-state index < -0.39 is 19.0 Å². The zero-order valence-electron chi connectivity index (χ0n) is 14.3. The largest absolute Gasteiger partial charge is 0.471 e. The molecule has 27 heavy (non-hydrogen) atoms. The summed E-state index contributed by atoms with van der Waals surface area (Å²) < 4.78 is 55.0. The van der Waals surface area contributed by atoms with E-state index in [1.54, 1.807) is 17.9 Å². The zero-order chi connectivity index (χ0) is 19.8. The summed E-state index contributed by atoms with van der Waals surface area (Å²) in [6.07, 6.45) is -1.90. The SMILES string of the molecule is Cc1cc(CN2CC3=C(CCN=C3Cl)C2=O)cnc1OCC(F)(F)C(F)F. The Labute approximate surface area is 157 Å². The second-order valence-corrected chi connectivity index (χ2v) is 6.71. The summed E-state index contributed by atoms with van der Waals surface area (Å²) in [6, 6.07) is 1.61. The number of ether oxygens (including phenoxy) is 1. The van der Waals surface area contributed by atoms with Gasteiger partial charge in [-0.1, -0.05) is 11.6 Å². The second kappa shape index (κ2) is 7.46. The monoisotopic (exact) mass is 405 g/mol. The number of halogens is 5. The van der Waals surface area contributed by atoms with Gasteiger partial charge in [-0.15, -0.1) is 0 Å². The summed E-state index contributed by atoms with van der Waals surface area (Å²) >= 11 is 6.06. The number of amides is 1. The summed E-state index contributed by atoms with van der Waals surface area (Å²) in [7, 11) is 0. The van der Waals surface area contributed by atoms with Crippen molar-refractivity contribution in [1.82, 2.24) is 9.88 Å². The van der Waals surface area contributed by atoms with Crippen LogP contribution in [0.25, 0.3) is 0 Å². The van der Waals surface area contributed by atoms with Crippen LogP contribution in [-0.4, -0.2) is 53.0 Å². The van der Waals surface area contributed by atoms with E-state index in [0.717, 1.165) is 5.57 Å². The minimum absolute atomic E-state index is 0.118. The zero-order valence-corrected chi connectivity index (χ0v) is 15.1. The van der Waals surface area contributed by atoms with Gasteiger partial charge in [0.2, 0.25) is 5.88 Å². The van der Waals surface area contributed by atoms with E-state index in [4.69, 9.17) is 16.3 Å². The molecule has 0 spiro atoms. The predicted molar refractivity (Wildman–Crippen MR) is 90.6 cm³/mol. The molecule has 0 radical (unpaired) electrons. The molecule has 1 aromatic heterocycles. The molecule has 1 amide bonds. The number of alkyl halides is 4. The van der Waals surface area contributed by atoms with Gasteiger partial charge in [-0.05, 0) is 25.0 Å². The second-order valence-electron chi connectivity index (χ2n) is 6.36. The molecule has 3 heterocycles. The molecule has 0 unspecified atom stereocenters. The highest BCUT2D eigenvalue weighted by atomic mass is 35.5. The van der Waals surface area contributed by atoms with Gasteiger partial charge in [0.15, 0.2) is 6.61 Å². The smallest absolute Gasteiger partial charge is 0.340 e. The van der Waals surface area contributed by atoms with Crippen LogP contribution in [0.3, 0.4) is 0 Å². The first-order chi connectivity index (χ1) is 12.7. The van der Waals surface area contributed by atoms with Crippen molar-refractivity contribution >= 4 is 22.7 Å². The van der Waals surface area contributed by atoms with Crippen LogP contribution in [0.1, 0.15) is 17.5 Å². The van der Waals surface area contributed by atoms with Crippen LogP contribution in [0, 0.1) is 6.92 Å². The number of hydrogen-bond donors (Lipinski definition) is 0. The number of aryl methyl sites for hydroxylation is 1. The molecular weight excluding hydrogens is 390 g/mol. The van der Waals surface area contributed by atoms with Crippen molar-refractivity contribution < 1.29 is 27.1 Å². The molecule has 0 aromatic carbocycles. The van der Waals surface area contributed by atoms with E-state index in [1.165, 1.54) is 6.20 Å². The molecule has 0 bridgehead atoms. The lowest BCUT2D eigenvalue weighted by Gasteiger charge is -2.18. The van der Waals surface area contributed by atoms with E-state index in [9.17, 15) is 22.4 Å². The molecule has 0 N–H and O–H groups in total. The third-order valence-electron chi connectivity index (χ3n) is 4.30. The average Bonchev–Trinajstić information content (AvgIpc) is 2.92. The lowest BCUT2D eigenvalue weighted by molar-refractivity contribution is -0.148. The number of hydrogen-bond acceptors (Lipinski definition) is 4. The number of aromatic nitrogens is 1. The van der Waals surface area contributed by atoms with Crippen LogP contribution < -0.4 is 4.74 Å². The highest BCUT2D eigenvalue weighted by Crippen LogP contribution is 2.29. The molecule has 10 heteroatoms. The molecule has 2 aliphatic heterocycles. The Kier molecular flexibility index (Phi) is 5.41. The first-order valence-corrected chi connectivity index (χ1v) is 8.52. The normalized spacial score (nSPS) is 17.5. The minimum Gasteiger partial charge on any atom is -0.471 e. The number of carbonyl (C=O) groups is 1. The van der Waals surface area contributed by atoms with Crippen molar-refractivity contribution in [3.63, 3.8) is 0 Å². The molecule has 1 aromatic rings. The number of rotatable bonds is 6. The first-order valence-electron chi connectivity index (χ1n) is 8.15. The molecule has 146 valence electrons. The Morgan fingerprint density at radius 1 is 1.37 bits per heavy atom. The van der Waals surface area contributed by atoms with Crippen molar-refractivity contribution in [2.24, 2.45) is 4.99 Å². The van der Waals surface area contributed by atoms with E-state index in [1.807, 2.05) is 0 Å². The van der Waals surface area contributed by atoms with Crippen molar-refractivity contribution in [2.45, 2.75) is 32.2 Å². The Morgan fingerprint density at radius 3 is 2.74 bits per heavy atom. The molecule has 0 atom stereocenters. The van der Waals surface area contributed by atoms with Crippen LogP contribution >= 0.6 is 11.6 Å². The maximum Gasteiger partial charge on any atom is 0.340 e. The van der Waals surface area contributed by atoms with Crippen molar-refractivity contribution in [1.29, 1.82) is 0 Å². The maximum atomic E-state index is 13.0. The molecular formula is C17H16ClF4N3O2. The summed E-state index contributed by atoms with van der Waals surface area (Å²) in [5.41, 5.74) is 2.45. The molecule has 0 saturated carbocycles. The fourth-order valence-electron chi connectivity index (χ4n) is 2.92. The summed E-state index contributed by atoms with van der Waals surface area (Å²) in [6.45, 7) is 1.17. The topological polar surface area (TPSA) is 54.8 Å². The summed E-state index contributed by atoms with van der Waals surface area (Å²) in [5, 5.41) is 0.352. The van der Waals surface area contributed by atoms with Gasteiger partial charge in [-0.25, -0.2) is 13.8 Å². The summed E-state index contributed by atoms with van der Waals surface area (Å²) in [4.78, 5) is 22.1. The van der Waals surface area contributed by atoms with Crippen LogP contribution in [0.5, 0.6) is 5.88 Å². The van der Waals surface area contributed by atoms with Gasteiger partial charge in [0.05, 0.1) is 0 Å². The van der Waals surface area contributed by atoms with Gasteiger partial charge in [0, 0.05) is 42.5 Å². The number of carbonyl (C=O) groups excluding carboxylic acids is 1. The van der Waals surface area contributed by atoms with Gasteiger partial charge in [-0.3, -0.25) is 9.79 Å². The van der Waals surface area contributed by atoms with Gasteiger partial charge in [0.1, 0.15) is 5.17 Å². The van der Waals surface area contributed by atoms with Crippen LogP contribution in [0.4, 0.5) is 17.6 Å². The Balaban J connectivity index is 1.65. The van der Waals surface area contributed by atoms with Crippen LogP contribution in [-0.2, 0) is 11.3 Å². The quantitative estimate of drug-likeness (QED) is 0.682. The lowest BCUT2D eigenvalue weighted by Crippen LogP contribution is -2.34. The fourth-order valence-corrected chi connectivity index (χ4v) is 3.18. The average molecular weight is 406 g/mol. The van der Waals surface area contributed by atoms with Crippen molar-refractivity contribution in [2.75, 3.05) is 19.7 Å². The van der Waals surface area contributed by atoms with E-state index in [-0.39, 0.29) is 18.3 Å². The molecule has 3 rings (SSSR count). The van der Waals surface area contributed by atoms with Gasteiger partial charge < -0.3 is 9.64 Å². The number of pyridine rings is 1.